The number of fused-ring (bicyclic) bond motifs is 1. The largest absolute Gasteiger partial charge is 0.493 e. The van der Waals surface area contributed by atoms with Crippen molar-refractivity contribution < 1.29 is 24.2 Å². The monoisotopic (exact) mass is 389 g/mol. The second kappa shape index (κ2) is 7.23. The molecule has 7 heteroatoms. The van der Waals surface area contributed by atoms with Gasteiger partial charge in [0.05, 0.1) is 19.8 Å². The molecule has 1 aliphatic carbocycles. The summed E-state index contributed by atoms with van der Waals surface area (Å²) in [6.07, 6.45) is 2.54. The number of ether oxygens (including phenoxy) is 2. The summed E-state index contributed by atoms with van der Waals surface area (Å²) in [5, 5.41) is 12.9. The molecule has 0 atom stereocenters. The Labute approximate surface area is 162 Å². The fourth-order valence-electron chi connectivity index (χ4n) is 3.39. The lowest BCUT2D eigenvalue weighted by Gasteiger charge is -2.29. The topological polar surface area (TPSA) is 84.9 Å². The van der Waals surface area contributed by atoms with Crippen LogP contribution in [-0.2, 0) is 12.8 Å². The van der Waals surface area contributed by atoms with Crippen molar-refractivity contribution in [3.05, 3.63) is 39.8 Å². The molecule has 1 aromatic heterocycles. The first-order valence-corrected chi connectivity index (χ1v) is 9.48. The average molecular weight is 389 g/mol. The molecular weight excluding hydrogens is 366 g/mol. The SMILES string of the molecule is COc1ccc(C(=O)Nc2sc3c(c2C(=O)O)CC(C)(C)CC3)cc1OC. The first-order valence-electron chi connectivity index (χ1n) is 8.67. The van der Waals surface area contributed by atoms with Crippen LogP contribution in [0.25, 0.3) is 0 Å². The van der Waals surface area contributed by atoms with Gasteiger partial charge in [0.25, 0.3) is 5.91 Å². The lowest BCUT2D eigenvalue weighted by molar-refractivity contribution is 0.0696. The Kier molecular flexibility index (Phi) is 5.15. The lowest BCUT2D eigenvalue weighted by atomic mass is 9.76. The van der Waals surface area contributed by atoms with Crippen LogP contribution in [0.5, 0.6) is 11.5 Å². The highest BCUT2D eigenvalue weighted by molar-refractivity contribution is 7.17. The molecule has 2 N–H and O–H groups in total. The van der Waals surface area contributed by atoms with Crippen LogP contribution in [0.1, 0.15) is 51.4 Å². The Balaban J connectivity index is 1.93. The fraction of sp³-hybridized carbons (Fsp3) is 0.400. The van der Waals surface area contributed by atoms with Crippen molar-refractivity contribution in [3.8, 4) is 11.5 Å². The van der Waals surface area contributed by atoms with Crippen molar-refractivity contribution in [1.29, 1.82) is 0 Å². The summed E-state index contributed by atoms with van der Waals surface area (Å²) in [6.45, 7) is 4.28. The van der Waals surface area contributed by atoms with Gasteiger partial charge in [-0.05, 0) is 48.4 Å². The molecule has 3 rings (SSSR count). The minimum Gasteiger partial charge on any atom is -0.493 e. The van der Waals surface area contributed by atoms with Crippen LogP contribution >= 0.6 is 11.3 Å². The first kappa shape index (κ1) is 19.2. The summed E-state index contributed by atoms with van der Waals surface area (Å²) in [6, 6.07) is 4.84. The second-order valence-electron chi connectivity index (χ2n) is 7.38. The molecule has 144 valence electrons. The van der Waals surface area contributed by atoms with Crippen molar-refractivity contribution in [2.24, 2.45) is 5.41 Å². The van der Waals surface area contributed by atoms with E-state index in [1.165, 1.54) is 25.6 Å². The summed E-state index contributed by atoms with van der Waals surface area (Å²) in [7, 11) is 3.02. The molecule has 0 aliphatic heterocycles. The Hall–Kier alpha value is -2.54. The molecule has 0 saturated carbocycles. The van der Waals surface area contributed by atoms with Gasteiger partial charge >= 0.3 is 5.97 Å². The van der Waals surface area contributed by atoms with Gasteiger partial charge in [-0.1, -0.05) is 13.8 Å². The minimum atomic E-state index is -1.01. The molecule has 27 heavy (non-hydrogen) atoms. The van der Waals surface area contributed by atoms with Gasteiger partial charge in [0, 0.05) is 10.4 Å². The molecule has 0 unspecified atom stereocenters. The van der Waals surface area contributed by atoms with Crippen LogP contribution < -0.4 is 14.8 Å². The van der Waals surface area contributed by atoms with Crippen LogP contribution in [0, 0.1) is 5.41 Å². The molecular formula is C20H23NO5S. The van der Waals surface area contributed by atoms with E-state index in [2.05, 4.69) is 19.2 Å². The smallest absolute Gasteiger partial charge is 0.339 e. The van der Waals surface area contributed by atoms with Crippen LogP contribution in [0.4, 0.5) is 5.00 Å². The van der Waals surface area contributed by atoms with Crippen molar-refractivity contribution in [3.63, 3.8) is 0 Å². The molecule has 6 nitrogen and oxygen atoms in total. The number of hydrogen-bond acceptors (Lipinski definition) is 5. The molecule has 0 radical (unpaired) electrons. The Morgan fingerprint density at radius 1 is 1.19 bits per heavy atom. The minimum absolute atomic E-state index is 0.0584. The summed E-state index contributed by atoms with van der Waals surface area (Å²) in [5.41, 5.74) is 1.50. The van der Waals surface area contributed by atoms with Crippen molar-refractivity contribution in [2.75, 3.05) is 19.5 Å². The highest BCUT2D eigenvalue weighted by Crippen LogP contribution is 2.44. The number of amides is 1. The van der Waals surface area contributed by atoms with Crippen LogP contribution in [0.3, 0.4) is 0 Å². The Morgan fingerprint density at radius 2 is 1.89 bits per heavy atom. The van der Waals surface area contributed by atoms with Gasteiger partial charge in [-0.25, -0.2) is 4.79 Å². The third-order valence-corrected chi connectivity index (χ3v) is 6.07. The van der Waals surface area contributed by atoms with E-state index < -0.39 is 5.97 Å². The predicted octanol–water partition coefficient (Wildman–Crippen LogP) is 4.23. The number of methoxy groups -OCH3 is 2. The number of thiophene rings is 1. The zero-order valence-corrected chi connectivity index (χ0v) is 16.7. The summed E-state index contributed by atoms with van der Waals surface area (Å²) in [4.78, 5) is 25.6. The van der Waals surface area contributed by atoms with Gasteiger partial charge in [-0.15, -0.1) is 11.3 Å². The van der Waals surface area contributed by atoms with Gasteiger partial charge in [-0.2, -0.15) is 0 Å². The molecule has 1 amide bonds. The number of anilines is 1. The van der Waals surface area contributed by atoms with E-state index >= 15 is 0 Å². The van der Waals surface area contributed by atoms with Gasteiger partial charge in [0.1, 0.15) is 5.00 Å². The zero-order chi connectivity index (χ0) is 19.8. The number of nitrogens with one attached hydrogen (secondary N) is 1. The maximum atomic E-state index is 12.7. The van der Waals surface area contributed by atoms with E-state index in [1.807, 2.05) is 0 Å². The van der Waals surface area contributed by atoms with Crippen molar-refractivity contribution in [1.82, 2.24) is 0 Å². The van der Waals surface area contributed by atoms with Gasteiger partial charge in [0.2, 0.25) is 0 Å². The Bertz CT molecular complexity index is 900. The number of benzene rings is 1. The third-order valence-electron chi connectivity index (χ3n) is 4.86. The fourth-order valence-corrected chi connectivity index (χ4v) is 4.59. The standard InChI is InChI=1S/C20H23NO5S/c1-20(2)8-7-15-12(10-20)16(19(23)24)18(27-15)21-17(22)11-5-6-13(25-3)14(9-11)26-4/h5-6,9H,7-8,10H2,1-4H3,(H,21,22)(H,23,24). The molecule has 2 aromatic rings. The van der Waals surface area contributed by atoms with E-state index in [-0.39, 0.29) is 16.9 Å². The molecule has 0 spiro atoms. The van der Waals surface area contributed by atoms with Crippen molar-refractivity contribution in [2.45, 2.75) is 33.1 Å². The second-order valence-corrected chi connectivity index (χ2v) is 8.48. The van der Waals surface area contributed by atoms with Gasteiger partial charge < -0.3 is 19.9 Å². The summed E-state index contributed by atoms with van der Waals surface area (Å²) >= 11 is 1.36. The molecule has 0 bridgehead atoms. The van der Waals surface area contributed by atoms with Crippen LogP contribution in [0.15, 0.2) is 18.2 Å². The van der Waals surface area contributed by atoms with Crippen LogP contribution in [0.2, 0.25) is 0 Å². The van der Waals surface area contributed by atoms with Gasteiger partial charge in [0.15, 0.2) is 11.5 Å². The van der Waals surface area contributed by atoms with Crippen LogP contribution in [-0.4, -0.2) is 31.2 Å². The number of hydrogen-bond donors (Lipinski definition) is 2. The number of aryl methyl sites for hydroxylation is 1. The maximum absolute atomic E-state index is 12.7. The normalized spacial score (nSPS) is 15.0. The lowest BCUT2D eigenvalue weighted by Crippen LogP contribution is -2.22. The van der Waals surface area contributed by atoms with E-state index in [9.17, 15) is 14.7 Å². The predicted molar refractivity (Wildman–Crippen MR) is 105 cm³/mol. The number of rotatable bonds is 5. The van der Waals surface area contributed by atoms with Crippen molar-refractivity contribution >= 4 is 28.2 Å². The molecule has 0 fully saturated rings. The van der Waals surface area contributed by atoms with E-state index in [4.69, 9.17) is 9.47 Å². The molecule has 0 saturated heterocycles. The quantitative estimate of drug-likeness (QED) is 0.799. The Morgan fingerprint density at radius 3 is 2.52 bits per heavy atom. The highest BCUT2D eigenvalue weighted by atomic mass is 32.1. The number of carboxylic acid groups (broad SMARTS) is 1. The number of carbonyl (C=O) groups is 2. The average Bonchev–Trinajstić information content (AvgIpc) is 2.96. The first-order chi connectivity index (χ1) is 12.8. The molecule has 1 aromatic carbocycles. The highest BCUT2D eigenvalue weighted by Gasteiger charge is 2.33. The maximum Gasteiger partial charge on any atom is 0.339 e. The molecule has 1 aliphatic rings. The number of carboxylic acids is 1. The van der Waals surface area contributed by atoms with E-state index in [1.54, 1.807) is 18.2 Å². The summed E-state index contributed by atoms with van der Waals surface area (Å²) < 4.78 is 10.4. The van der Waals surface area contributed by atoms with Gasteiger partial charge in [-0.3, -0.25) is 4.79 Å². The zero-order valence-electron chi connectivity index (χ0n) is 15.8. The number of carbonyl (C=O) groups excluding carboxylic acids is 1. The number of aromatic carboxylic acids is 1. The van der Waals surface area contributed by atoms with E-state index in [0.29, 0.717) is 28.5 Å². The molecule has 1 heterocycles. The third kappa shape index (κ3) is 3.78. The summed E-state index contributed by atoms with van der Waals surface area (Å²) in [5.74, 6) is -0.422. The van der Waals surface area contributed by atoms with E-state index in [0.717, 1.165) is 23.3 Å².